The Bertz CT molecular complexity index is 283. The summed E-state index contributed by atoms with van der Waals surface area (Å²) in [5, 5.41) is 13.4. The van der Waals surface area contributed by atoms with Crippen LogP contribution < -0.4 is 5.32 Å². The van der Waals surface area contributed by atoms with Gasteiger partial charge in [0.1, 0.15) is 0 Å². The number of esters is 2. The van der Waals surface area contributed by atoms with E-state index in [0.717, 1.165) is 40.2 Å². The lowest BCUT2D eigenvalue weighted by atomic mass is 9.88. The van der Waals surface area contributed by atoms with E-state index in [4.69, 9.17) is 0 Å². The molecule has 6 heteroatoms. The number of rotatable bonds is 5. The Morgan fingerprint density at radius 1 is 1.33 bits per heavy atom. The zero-order valence-corrected chi connectivity index (χ0v) is 10.9. The standard InChI is InChI=1S/C12H21NO5/c1-17-10(14)12(16,11(15)18-2)6-5-9-4-3-7-13-8-9/h9,13,16H,3-8H2,1-2H3. The number of nitrogens with one attached hydrogen (secondary N) is 1. The summed E-state index contributed by atoms with van der Waals surface area (Å²) in [5.41, 5.74) is -2.18. The molecule has 1 saturated heterocycles. The second kappa shape index (κ2) is 6.70. The van der Waals surface area contributed by atoms with Crippen LogP contribution in [-0.4, -0.2) is 50.0 Å². The Labute approximate surface area is 107 Å². The molecule has 1 fully saturated rings. The van der Waals surface area contributed by atoms with Gasteiger partial charge in [-0.05, 0) is 44.7 Å². The number of hydrogen-bond donors (Lipinski definition) is 2. The number of methoxy groups -OCH3 is 2. The summed E-state index contributed by atoms with van der Waals surface area (Å²) in [6.07, 6.45) is 2.71. The summed E-state index contributed by atoms with van der Waals surface area (Å²) in [4.78, 5) is 23.0. The molecule has 18 heavy (non-hydrogen) atoms. The average molecular weight is 259 g/mol. The van der Waals surface area contributed by atoms with E-state index in [9.17, 15) is 14.7 Å². The molecular formula is C12H21NO5. The molecule has 1 aliphatic heterocycles. The summed E-state index contributed by atoms with van der Waals surface area (Å²) in [7, 11) is 2.27. The number of carbonyl (C=O) groups excluding carboxylic acids is 2. The fourth-order valence-corrected chi connectivity index (χ4v) is 2.21. The Kier molecular flexibility index (Phi) is 5.55. The van der Waals surface area contributed by atoms with E-state index in [-0.39, 0.29) is 6.42 Å². The van der Waals surface area contributed by atoms with Crippen LogP contribution >= 0.6 is 0 Å². The van der Waals surface area contributed by atoms with E-state index in [1.807, 2.05) is 0 Å². The minimum Gasteiger partial charge on any atom is -0.466 e. The molecule has 0 aliphatic carbocycles. The fraction of sp³-hybridized carbons (Fsp3) is 0.833. The monoisotopic (exact) mass is 259 g/mol. The summed E-state index contributed by atoms with van der Waals surface area (Å²) < 4.78 is 8.95. The SMILES string of the molecule is COC(=O)C(O)(CCC1CCCNC1)C(=O)OC. The quantitative estimate of drug-likeness (QED) is 0.527. The molecule has 2 N–H and O–H groups in total. The van der Waals surface area contributed by atoms with E-state index >= 15 is 0 Å². The van der Waals surface area contributed by atoms with Crippen molar-refractivity contribution in [3.8, 4) is 0 Å². The first-order valence-corrected chi connectivity index (χ1v) is 6.14. The highest BCUT2D eigenvalue weighted by atomic mass is 16.6. The lowest BCUT2D eigenvalue weighted by Gasteiger charge is -2.27. The molecular weight excluding hydrogens is 238 g/mol. The molecule has 0 aromatic heterocycles. The molecule has 0 spiro atoms. The van der Waals surface area contributed by atoms with Crippen LogP contribution in [0.5, 0.6) is 0 Å². The van der Waals surface area contributed by atoms with Crippen LogP contribution in [0, 0.1) is 5.92 Å². The minimum absolute atomic E-state index is 0.0265. The van der Waals surface area contributed by atoms with Crippen LogP contribution in [0.3, 0.4) is 0 Å². The molecule has 6 nitrogen and oxygen atoms in total. The van der Waals surface area contributed by atoms with Crippen molar-refractivity contribution in [2.75, 3.05) is 27.3 Å². The van der Waals surface area contributed by atoms with Crippen LogP contribution in [0.1, 0.15) is 25.7 Å². The Morgan fingerprint density at radius 2 is 1.94 bits per heavy atom. The maximum atomic E-state index is 11.5. The van der Waals surface area contributed by atoms with Crippen molar-refractivity contribution in [3.05, 3.63) is 0 Å². The smallest absolute Gasteiger partial charge is 0.349 e. The van der Waals surface area contributed by atoms with Gasteiger partial charge in [-0.25, -0.2) is 9.59 Å². The normalized spacial score (nSPS) is 20.3. The van der Waals surface area contributed by atoms with Gasteiger partial charge >= 0.3 is 11.9 Å². The molecule has 0 amide bonds. The van der Waals surface area contributed by atoms with Gasteiger partial charge < -0.3 is 19.9 Å². The zero-order valence-electron chi connectivity index (χ0n) is 10.9. The van der Waals surface area contributed by atoms with Gasteiger partial charge in [0.15, 0.2) is 0 Å². The predicted molar refractivity (Wildman–Crippen MR) is 63.8 cm³/mol. The first kappa shape index (κ1) is 14.9. The van der Waals surface area contributed by atoms with E-state index in [0.29, 0.717) is 12.3 Å². The van der Waals surface area contributed by atoms with E-state index in [1.165, 1.54) is 0 Å². The molecule has 0 bridgehead atoms. The maximum absolute atomic E-state index is 11.5. The van der Waals surface area contributed by atoms with Crippen molar-refractivity contribution in [2.45, 2.75) is 31.3 Å². The first-order valence-electron chi connectivity index (χ1n) is 6.14. The van der Waals surface area contributed by atoms with Gasteiger partial charge in [0.25, 0.3) is 5.60 Å². The highest BCUT2D eigenvalue weighted by Gasteiger charge is 2.46. The highest BCUT2D eigenvalue weighted by Crippen LogP contribution is 2.23. The lowest BCUT2D eigenvalue weighted by molar-refractivity contribution is -0.181. The topological polar surface area (TPSA) is 84.9 Å². The van der Waals surface area contributed by atoms with Gasteiger partial charge in [-0.1, -0.05) is 0 Å². The number of ether oxygens (including phenoxy) is 2. The van der Waals surface area contributed by atoms with Gasteiger partial charge in [0, 0.05) is 0 Å². The first-order chi connectivity index (χ1) is 8.54. The van der Waals surface area contributed by atoms with Gasteiger partial charge in [-0.15, -0.1) is 0 Å². The van der Waals surface area contributed by atoms with Crippen molar-refractivity contribution >= 4 is 11.9 Å². The van der Waals surface area contributed by atoms with Crippen molar-refractivity contribution in [1.29, 1.82) is 0 Å². The van der Waals surface area contributed by atoms with E-state index in [1.54, 1.807) is 0 Å². The van der Waals surface area contributed by atoms with Gasteiger partial charge in [0.05, 0.1) is 14.2 Å². The third-order valence-corrected chi connectivity index (χ3v) is 3.36. The van der Waals surface area contributed by atoms with E-state index < -0.39 is 17.5 Å². The zero-order chi connectivity index (χ0) is 13.6. The van der Waals surface area contributed by atoms with E-state index in [2.05, 4.69) is 14.8 Å². The molecule has 0 aromatic carbocycles. The minimum atomic E-state index is -2.18. The molecule has 104 valence electrons. The Morgan fingerprint density at radius 3 is 2.39 bits per heavy atom. The van der Waals surface area contributed by atoms with Crippen molar-refractivity contribution in [3.63, 3.8) is 0 Å². The van der Waals surface area contributed by atoms with Crippen molar-refractivity contribution in [1.82, 2.24) is 5.32 Å². The largest absolute Gasteiger partial charge is 0.466 e. The molecule has 0 radical (unpaired) electrons. The van der Waals surface area contributed by atoms with Crippen molar-refractivity contribution < 1.29 is 24.2 Å². The molecule has 1 atom stereocenters. The molecule has 1 unspecified atom stereocenters. The molecule has 1 heterocycles. The molecule has 0 saturated carbocycles. The fourth-order valence-electron chi connectivity index (χ4n) is 2.21. The van der Waals surface area contributed by atoms with Crippen LogP contribution in [0.2, 0.25) is 0 Å². The number of aliphatic hydroxyl groups is 1. The highest BCUT2D eigenvalue weighted by molar-refractivity contribution is 6.03. The van der Waals surface area contributed by atoms with Gasteiger partial charge in [0.2, 0.25) is 0 Å². The predicted octanol–water partition coefficient (Wildman–Crippen LogP) is -0.157. The second-order valence-corrected chi connectivity index (χ2v) is 4.59. The van der Waals surface area contributed by atoms with Crippen LogP contribution in [0.25, 0.3) is 0 Å². The summed E-state index contributed by atoms with van der Waals surface area (Å²) in [6, 6.07) is 0. The Hall–Kier alpha value is -1.14. The number of piperidine rings is 1. The third kappa shape index (κ3) is 3.43. The van der Waals surface area contributed by atoms with Gasteiger partial charge in [-0.2, -0.15) is 0 Å². The molecule has 1 rings (SSSR count). The summed E-state index contributed by atoms with van der Waals surface area (Å²) in [6.45, 7) is 1.84. The molecule has 0 aromatic rings. The van der Waals surface area contributed by atoms with Crippen LogP contribution in [0.4, 0.5) is 0 Å². The average Bonchev–Trinajstić information content (AvgIpc) is 2.43. The number of hydrogen-bond acceptors (Lipinski definition) is 6. The molecule has 1 aliphatic rings. The van der Waals surface area contributed by atoms with Crippen LogP contribution in [-0.2, 0) is 19.1 Å². The second-order valence-electron chi connectivity index (χ2n) is 4.59. The lowest BCUT2D eigenvalue weighted by Crippen LogP contribution is -2.48. The van der Waals surface area contributed by atoms with Crippen LogP contribution in [0.15, 0.2) is 0 Å². The number of carbonyl (C=O) groups is 2. The Balaban J connectivity index is 2.60. The summed E-state index contributed by atoms with van der Waals surface area (Å²) >= 11 is 0. The maximum Gasteiger partial charge on any atom is 0.349 e. The van der Waals surface area contributed by atoms with Crippen molar-refractivity contribution in [2.24, 2.45) is 5.92 Å². The summed E-state index contributed by atoms with van der Waals surface area (Å²) in [5.74, 6) is -1.56. The van der Waals surface area contributed by atoms with Gasteiger partial charge in [-0.3, -0.25) is 0 Å². The third-order valence-electron chi connectivity index (χ3n) is 3.36.